The van der Waals surface area contributed by atoms with Crippen molar-refractivity contribution < 1.29 is 19.3 Å². The third-order valence-electron chi connectivity index (χ3n) is 3.81. The zero-order valence-electron chi connectivity index (χ0n) is 15.6. The highest BCUT2D eigenvalue weighted by Crippen LogP contribution is 2.32. The topological polar surface area (TPSA) is 47.9 Å². The van der Waals surface area contributed by atoms with Gasteiger partial charge in [0.15, 0.2) is 11.5 Å². The lowest BCUT2D eigenvalue weighted by Gasteiger charge is -2.09. The molecule has 0 amide bonds. The van der Waals surface area contributed by atoms with Crippen LogP contribution >= 0.6 is 0 Å². The number of fused-ring (bicyclic) bond motifs is 1. The first kappa shape index (κ1) is 20.8. The van der Waals surface area contributed by atoms with Crippen molar-refractivity contribution in [3.63, 3.8) is 0 Å². The van der Waals surface area contributed by atoms with Gasteiger partial charge in [0.05, 0.1) is 6.10 Å². The monoisotopic (exact) mass is 338 g/mol. The fraction of sp³-hybridized carbons (Fsp3) is 0.700. The van der Waals surface area contributed by atoms with Crippen molar-refractivity contribution in [2.75, 3.05) is 20.0 Å². The molecule has 0 spiro atoms. The molecule has 1 heterocycles. The lowest BCUT2D eigenvalue weighted by atomic mass is 10.0. The van der Waals surface area contributed by atoms with Crippen LogP contribution in [0.2, 0.25) is 0 Å². The Hall–Kier alpha value is -1.26. The van der Waals surface area contributed by atoms with Crippen molar-refractivity contribution in [1.29, 1.82) is 0 Å². The van der Waals surface area contributed by atoms with Crippen LogP contribution in [0, 0.1) is 0 Å². The number of rotatable bonds is 10. The summed E-state index contributed by atoms with van der Waals surface area (Å²) < 4.78 is 15.8. The smallest absolute Gasteiger partial charge is 0.231 e. The Labute approximate surface area is 147 Å². The minimum Gasteiger partial charge on any atom is -0.454 e. The fourth-order valence-corrected chi connectivity index (χ4v) is 2.37. The quantitative estimate of drug-likeness (QED) is 0.627. The van der Waals surface area contributed by atoms with E-state index in [1.807, 2.05) is 18.2 Å². The minimum atomic E-state index is -0.254. The highest BCUT2D eigenvalue weighted by molar-refractivity contribution is 5.44. The second-order valence-corrected chi connectivity index (χ2v) is 6.15. The summed E-state index contributed by atoms with van der Waals surface area (Å²) in [5.74, 6) is 1.58. The number of ether oxygens (including phenoxy) is 3. The van der Waals surface area contributed by atoms with Crippen molar-refractivity contribution in [1.82, 2.24) is 0 Å². The Morgan fingerprint density at radius 1 is 1.00 bits per heavy atom. The van der Waals surface area contributed by atoms with E-state index in [4.69, 9.17) is 14.2 Å². The molecule has 24 heavy (non-hydrogen) atoms. The standard InChI is InChI=1S/C12H16O3.C8H18O/c1-2-3-10(13)6-9-4-5-11-12(7-9)15-8-14-11;1-3-5-7-9-8-6-4-2/h4-5,7,10,13H,2-3,6,8H2,1H3;3-8H2,1-2H3. The molecule has 0 saturated heterocycles. The number of aliphatic hydroxyl groups is 1. The van der Waals surface area contributed by atoms with E-state index in [2.05, 4.69) is 20.8 Å². The molecule has 1 unspecified atom stereocenters. The molecule has 0 saturated carbocycles. The van der Waals surface area contributed by atoms with E-state index in [-0.39, 0.29) is 6.10 Å². The average molecular weight is 338 g/mol. The number of unbranched alkanes of at least 4 members (excludes halogenated alkanes) is 2. The van der Waals surface area contributed by atoms with Gasteiger partial charge < -0.3 is 19.3 Å². The van der Waals surface area contributed by atoms with Gasteiger partial charge in [-0.1, -0.05) is 46.1 Å². The number of aliphatic hydroxyl groups excluding tert-OH is 1. The molecule has 1 N–H and O–H groups in total. The lowest BCUT2D eigenvalue weighted by Crippen LogP contribution is -2.09. The van der Waals surface area contributed by atoms with E-state index < -0.39 is 0 Å². The van der Waals surface area contributed by atoms with Gasteiger partial charge in [0.1, 0.15) is 0 Å². The molecule has 1 atom stereocenters. The van der Waals surface area contributed by atoms with Gasteiger partial charge in [-0.2, -0.15) is 0 Å². The third-order valence-corrected chi connectivity index (χ3v) is 3.81. The Morgan fingerprint density at radius 3 is 2.29 bits per heavy atom. The van der Waals surface area contributed by atoms with E-state index in [0.29, 0.717) is 13.2 Å². The molecule has 0 radical (unpaired) electrons. The first-order valence-corrected chi connectivity index (χ1v) is 9.35. The first-order valence-electron chi connectivity index (χ1n) is 9.35. The maximum Gasteiger partial charge on any atom is 0.231 e. The SMILES string of the molecule is CCCC(O)Cc1ccc2c(c1)OCO2.CCCCOCCCC. The van der Waals surface area contributed by atoms with Crippen LogP contribution in [-0.2, 0) is 11.2 Å². The van der Waals surface area contributed by atoms with Crippen LogP contribution in [-0.4, -0.2) is 31.2 Å². The normalized spacial score (nSPS) is 13.3. The zero-order chi connectivity index (χ0) is 17.6. The van der Waals surface area contributed by atoms with E-state index in [9.17, 15) is 5.11 Å². The molecule has 4 nitrogen and oxygen atoms in total. The maximum absolute atomic E-state index is 9.68. The largest absolute Gasteiger partial charge is 0.454 e. The molecular formula is C20H34O4. The third kappa shape index (κ3) is 8.55. The van der Waals surface area contributed by atoms with E-state index >= 15 is 0 Å². The Bertz CT molecular complexity index is 428. The van der Waals surface area contributed by atoms with Gasteiger partial charge in [0, 0.05) is 13.2 Å². The van der Waals surface area contributed by atoms with Crippen molar-refractivity contribution >= 4 is 0 Å². The molecule has 4 heteroatoms. The first-order chi connectivity index (χ1) is 11.7. The highest BCUT2D eigenvalue weighted by Gasteiger charge is 2.14. The summed E-state index contributed by atoms with van der Waals surface area (Å²) >= 11 is 0. The molecular weight excluding hydrogens is 304 g/mol. The molecule has 1 aliphatic rings. The number of hydrogen-bond donors (Lipinski definition) is 1. The summed E-state index contributed by atoms with van der Waals surface area (Å²) in [6.07, 6.45) is 7.19. The zero-order valence-corrected chi connectivity index (χ0v) is 15.6. The van der Waals surface area contributed by atoms with Gasteiger partial charge in [-0.25, -0.2) is 0 Å². The van der Waals surface area contributed by atoms with Crippen LogP contribution in [0.1, 0.15) is 64.9 Å². The molecule has 1 aliphatic heterocycles. The summed E-state index contributed by atoms with van der Waals surface area (Å²) in [6, 6.07) is 5.82. The Morgan fingerprint density at radius 2 is 1.67 bits per heavy atom. The molecule has 0 aromatic heterocycles. The van der Waals surface area contributed by atoms with Crippen LogP contribution in [0.3, 0.4) is 0 Å². The van der Waals surface area contributed by atoms with Gasteiger partial charge in [0.25, 0.3) is 0 Å². The van der Waals surface area contributed by atoms with Crippen LogP contribution in [0.4, 0.5) is 0 Å². The van der Waals surface area contributed by atoms with Crippen molar-refractivity contribution in [2.45, 2.75) is 71.8 Å². The van der Waals surface area contributed by atoms with Gasteiger partial charge in [-0.3, -0.25) is 0 Å². The molecule has 138 valence electrons. The Balaban J connectivity index is 0.000000277. The van der Waals surface area contributed by atoms with E-state index in [1.54, 1.807) is 0 Å². The minimum absolute atomic E-state index is 0.254. The summed E-state index contributed by atoms with van der Waals surface area (Å²) in [6.45, 7) is 8.65. The number of hydrogen-bond acceptors (Lipinski definition) is 4. The van der Waals surface area contributed by atoms with Crippen molar-refractivity contribution in [3.05, 3.63) is 23.8 Å². The fourth-order valence-electron chi connectivity index (χ4n) is 2.37. The van der Waals surface area contributed by atoms with Gasteiger partial charge >= 0.3 is 0 Å². The van der Waals surface area contributed by atoms with Gasteiger partial charge in [-0.05, 0) is 43.4 Å². The predicted molar refractivity (Wildman–Crippen MR) is 97.8 cm³/mol. The average Bonchev–Trinajstić information content (AvgIpc) is 3.03. The summed E-state index contributed by atoms with van der Waals surface area (Å²) in [7, 11) is 0. The summed E-state index contributed by atoms with van der Waals surface area (Å²) in [5.41, 5.74) is 1.10. The second kappa shape index (κ2) is 13.1. The van der Waals surface area contributed by atoms with E-state index in [1.165, 1.54) is 25.7 Å². The maximum atomic E-state index is 9.68. The molecule has 1 aromatic rings. The van der Waals surface area contributed by atoms with Crippen LogP contribution in [0.5, 0.6) is 11.5 Å². The van der Waals surface area contributed by atoms with Crippen LogP contribution in [0.25, 0.3) is 0 Å². The molecule has 1 aromatic carbocycles. The second-order valence-electron chi connectivity index (χ2n) is 6.15. The van der Waals surface area contributed by atoms with Gasteiger partial charge in [0.2, 0.25) is 6.79 Å². The van der Waals surface area contributed by atoms with Gasteiger partial charge in [-0.15, -0.1) is 0 Å². The van der Waals surface area contributed by atoms with Crippen LogP contribution in [0.15, 0.2) is 18.2 Å². The number of benzene rings is 1. The predicted octanol–water partition coefficient (Wildman–Crippen LogP) is 4.72. The van der Waals surface area contributed by atoms with Crippen molar-refractivity contribution in [2.24, 2.45) is 0 Å². The highest BCUT2D eigenvalue weighted by atomic mass is 16.7. The molecule has 0 bridgehead atoms. The lowest BCUT2D eigenvalue weighted by molar-refractivity contribution is 0.128. The Kier molecular flexibility index (Phi) is 11.3. The molecule has 0 fully saturated rings. The molecule has 2 rings (SSSR count). The summed E-state index contributed by atoms with van der Waals surface area (Å²) in [4.78, 5) is 0. The van der Waals surface area contributed by atoms with Crippen molar-refractivity contribution in [3.8, 4) is 11.5 Å². The summed E-state index contributed by atoms with van der Waals surface area (Å²) in [5, 5.41) is 9.68. The van der Waals surface area contributed by atoms with E-state index in [0.717, 1.165) is 43.1 Å². The van der Waals surface area contributed by atoms with Crippen LogP contribution < -0.4 is 9.47 Å². The molecule has 0 aliphatic carbocycles.